The van der Waals surface area contributed by atoms with E-state index in [0.29, 0.717) is 13.1 Å². The highest BCUT2D eigenvalue weighted by atomic mass is 32.2. The number of hydrogen-bond acceptors (Lipinski definition) is 1. The molecule has 0 radical (unpaired) electrons. The first-order valence-corrected chi connectivity index (χ1v) is 8.06. The van der Waals surface area contributed by atoms with E-state index in [9.17, 15) is 8.60 Å². The zero-order valence-electron chi connectivity index (χ0n) is 10.9. The summed E-state index contributed by atoms with van der Waals surface area (Å²) in [5.74, 6) is 3.24. The number of hydrogen-bond donors (Lipinski definition) is 2. The molecule has 1 aromatic heterocycles. The summed E-state index contributed by atoms with van der Waals surface area (Å²) in [4.78, 5) is 3.08. The Kier molecular flexibility index (Phi) is 3.16. The van der Waals surface area contributed by atoms with E-state index < -0.39 is 9.89 Å². The van der Waals surface area contributed by atoms with Crippen molar-refractivity contribution in [1.82, 2.24) is 9.29 Å². The first-order valence-electron chi connectivity index (χ1n) is 6.31. The molecule has 4 nitrogen and oxygen atoms in total. The van der Waals surface area contributed by atoms with E-state index in [-0.39, 0.29) is 5.82 Å². The third-order valence-electron chi connectivity index (χ3n) is 3.60. The van der Waals surface area contributed by atoms with Crippen LogP contribution in [0.2, 0.25) is 0 Å². The van der Waals surface area contributed by atoms with Gasteiger partial charge in [0.2, 0.25) is 0 Å². The average molecular weight is 293 g/mol. The molecule has 0 aliphatic carbocycles. The van der Waals surface area contributed by atoms with Crippen molar-refractivity contribution < 1.29 is 8.60 Å². The molecule has 0 bridgehead atoms. The number of rotatable bonds is 2. The fraction of sp³-hybridized carbons (Fsp3) is 0.214. The molecule has 1 unspecified atom stereocenters. The molecule has 0 fully saturated rings. The predicted molar refractivity (Wildman–Crippen MR) is 81.9 cm³/mol. The first-order chi connectivity index (χ1) is 9.45. The van der Waals surface area contributed by atoms with Crippen LogP contribution < -0.4 is 5.14 Å². The minimum Gasteiger partial charge on any atom is -0.360 e. The molecule has 1 aliphatic heterocycles. The normalized spacial score (nSPS) is 19.8. The number of fused-ring (bicyclic) bond motifs is 1. The van der Waals surface area contributed by atoms with Gasteiger partial charge in [-0.1, -0.05) is 6.08 Å². The topological polar surface area (TPSA) is 62.1 Å². The number of nitrogens with zero attached hydrogens (tertiary/aromatic N) is 1. The van der Waals surface area contributed by atoms with E-state index in [0.717, 1.165) is 28.5 Å². The standard InChI is InChI=1S/C14H16FN3OS/c1-20(16,19)18-6-4-10(5-7-18)13-9-17-14-8-11(15)2-3-12(13)14/h2-4,8-9,17H,1,5-7H2,(H2,16,19). The van der Waals surface area contributed by atoms with Crippen LogP contribution in [0.3, 0.4) is 0 Å². The maximum absolute atomic E-state index is 13.2. The lowest BCUT2D eigenvalue weighted by molar-refractivity contribution is 0.481. The molecule has 0 spiro atoms. The molecular formula is C14H16FN3OS. The molecule has 0 saturated carbocycles. The average Bonchev–Trinajstić information content (AvgIpc) is 2.80. The zero-order chi connectivity index (χ0) is 14.3. The number of aromatic amines is 1. The van der Waals surface area contributed by atoms with Gasteiger partial charge in [0.25, 0.3) is 0 Å². The van der Waals surface area contributed by atoms with Gasteiger partial charge in [0, 0.05) is 35.8 Å². The second-order valence-electron chi connectivity index (χ2n) is 4.95. The molecule has 2 heterocycles. The number of halogens is 1. The predicted octanol–water partition coefficient (Wildman–Crippen LogP) is 1.90. The fourth-order valence-electron chi connectivity index (χ4n) is 2.54. The number of nitrogens with one attached hydrogen (secondary N) is 1. The van der Waals surface area contributed by atoms with Gasteiger partial charge in [0.1, 0.15) is 5.82 Å². The van der Waals surface area contributed by atoms with E-state index >= 15 is 0 Å². The molecule has 0 saturated heterocycles. The number of benzene rings is 1. The minimum atomic E-state index is -2.63. The molecule has 0 amide bonds. The highest BCUT2D eigenvalue weighted by Crippen LogP contribution is 2.29. The van der Waals surface area contributed by atoms with Gasteiger partial charge < -0.3 is 4.98 Å². The quantitative estimate of drug-likeness (QED) is 0.816. The van der Waals surface area contributed by atoms with Gasteiger partial charge >= 0.3 is 0 Å². The molecule has 3 N–H and O–H groups in total. The van der Waals surface area contributed by atoms with Gasteiger partial charge in [-0.3, -0.25) is 0 Å². The van der Waals surface area contributed by atoms with Crippen LogP contribution in [0.5, 0.6) is 0 Å². The van der Waals surface area contributed by atoms with Crippen molar-refractivity contribution in [2.45, 2.75) is 6.42 Å². The third-order valence-corrected chi connectivity index (χ3v) is 4.80. The zero-order valence-corrected chi connectivity index (χ0v) is 11.8. The number of aromatic nitrogens is 1. The van der Waals surface area contributed by atoms with Crippen LogP contribution in [0, 0.1) is 5.82 Å². The van der Waals surface area contributed by atoms with Crippen LogP contribution in [-0.4, -0.2) is 32.5 Å². The van der Waals surface area contributed by atoms with Gasteiger partial charge in [-0.25, -0.2) is 18.0 Å². The highest BCUT2D eigenvalue weighted by Gasteiger charge is 2.18. The minimum absolute atomic E-state index is 0.255. The molecule has 20 heavy (non-hydrogen) atoms. The fourth-order valence-corrected chi connectivity index (χ4v) is 3.27. The molecular weight excluding hydrogens is 277 g/mol. The second-order valence-corrected chi connectivity index (χ2v) is 6.85. The van der Waals surface area contributed by atoms with Crippen LogP contribution in [0.4, 0.5) is 4.39 Å². The van der Waals surface area contributed by atoms with Crippen LogP contribution in [-0.2, 0) is 9.89 Å². The summed E-state index contributed by atoms with van der Waals surface area (Å²) in [5.41, 5.74) is 3.00. The number of H-pyrrole nitrogens is 1. The Morgan fingerprint density at radius 2 is 2.25 bits per heavy atom. The van der Waals surface area contributed by atoms with Gasteiger partial charge in [-0.2, -0.15) is 0 Å². The number of nitrogens with two attached hydrogens (primary N) is 1. The molecule has 6 heteroatoms. The highest BCUT2D eigenvalue weighted by molar-refractivity contribution is 7.96. The van der Waals surface area contributed by atoms with E-state index in [2.05, 4.69) is 10.9 Å². The summed E-state index contributed by atoms with van der Waals surface area (Å²) in [6.07, 6.45) is 4.64. The summed E-state index contributed by atoms with van der Waals surface area (Å²) in [6, 6.07) is 4.71. The van der Waals surface area contributed by atoms with Gasteiger partial charge in [0.15, 0.2) is 0 Å². The smallest absolute Gasteiger partial charge is 0.125 e. The second kappa shape index (κ2) is 4.73. The van der Waals surface area contributed by atoms with Gasteiger partial charge in [-0.15, -0.1) is 0 Å². The Morgan fingerprint density at radius 1 is 1.45 bits per heavy atom. The summed E-state index contributed by atoms with van der Waals surface area (Å²) in [7, 11) is -2.63. The van der Waals surface area contributed by atoms with Crippen LogP contribution in [0.25, 0.3) is 16.5 Å². The first kappa shape index (κ1) is 13.4. The van der Waals surface area contributed by atoms with Crippen molar-refractivity contribution in [3.05, 3.63) is 41.9 Å². The summed E-state index contributed by atoms with van der Waals surface area (Å²) in [5, 5.41) is 6.54. The molecule has 1 atom stereocenters. The Bertz CT molecular complexity index is 792. The van der Waals surface area contributed by atoms with Crippen molar-refractivity contribution in [1.29, 1.82) is 0 Å². The molecule has 106 valence electrons. The lowest BCUT2D eigenvalue weighted by Crippen LogP contribution is -2.39. The lowest BCUT2D eigenvalue weighted by Gasteiger charge is -2.26. The van der Waals surface area contributed by atoms with E-state index in [1.807, 2.05) is 12.3 Å². The summed E-state index contributed by atoms with van der Waals surface area (Å²) < 4.78 is 26.5. The maximum atomic E-state index is 13.2. The Hall–Kier alpha value is -1.63. The Balaban J connectivity index is 1.95. The van der Waals surface area contributed by atoms with Gasteiger partial charge in [0.05, 0.1) is 9.89 Å². The van der Waals surface area contributed by atoms with Crippen LogP contribution in [0.1, 0.15) is 12.0 Å². The van der Waals surface area contributed by atoms with Crippen molar-refractivity contribution >= 4 is 32.2 Å². The van der Waals surface area contributed by atoms with E-state index in [4.69, 9.17) is 5.14 Å². The molecule has 3 rings (SSSR count). The Labute approximate surface area is 117 Å². The van der Waals surface area contributed by atoms with Crippen molar-refractivity contribution in [3.8, 4) is 0 Å². The summed E-state index contributed by atoms with van der Waals surface area (Å²) >= 11 is 0. The maximum Gasteiger partial charge on any atom is 0.125 e. The van der Waals surface area contributed by atoms with Crippen molar-refractivity contribution in [2.75, 3.05) is 13.1 Å². The molecule has 1 aliphatic rings. The molecule has 1 aromatic carbocycles. The van der Waals surface area contributed by atoms with Crippen molar-refractivity contribution in [2.24, 2.45) is 5.14 Å². The third kappa shape index (κ3) is 2.37. The Morgan fingerprint density at radius 3 is 2.90 bits per heavy atom. The van der Waals surface area contributed by atoms with E-state index in [1.165, 1.54) is 12.1 Å². The van der Waals surface area contributed by atoms with Gasteiger partial charge in [-0.05, 0) is 36.1 Å². The lowest BCUT2D eigenvalue weighted by atomic mass is 10.00. The van der Waals surface area contributed by atoms with Crippen molar-refractivity contribution in [3.63, 3.8) is 0 Å². The monoisotopic (exact) mass is 293 g/mol. The van der Waals surface area contributed by atoms with E-state index in [1.54, 1.807) is 10.4 Å². The summed E-state index contributed by atoms with van der Waals surface area (Å²) in [6.45, 7) is 1.13. The van der Waals surface area contributed by atoms with Crippen LogP contribution >= 0.6 is 0 Å². The van der Waals surface area contributed by atoms with Crippen LogP contribution in [0.15, 0.2) is 30.5 Å². The SMILES string of the molecule is C=S(N)(=O)N1CC=C(c2c[nH]c3cc(F)ccc23)CC1. The largest absolute Gasteiger partial charge is 0.360 e. The molecule has 2 aromatic rings.